The van der Waals surface area contributed by atoms with Crippen molar-refractivity contribution < 1.29 is 9.18 Å². The van der Waals surface area contributed by atoms with E-state index in [-0.39, 0.29) is 11.5 Å². The van der Waals surface area contributed by atoms with Gasteiger partial charge in [-0.25, -0.2) is 14.1 Å². The third-order valence-corrected chi connectivity index (χ3v) is 5.10. The van der Waals surface area contributed by atoms with Crippen LogP contribution in [0.15, 0.2) is 66.7 Å². The Morgan fingerprint density at radius 1 is 0.933 bits per heavy atom. The first-order valence-corrected chi connectivity index (χ1v) is 9.79. The third-order valence-electron chi connectivity index (χ3n) is 4.12. The van der Waals surface area contributed by atoms with E-state index in [1.54, 1.807) is 48.5 Å². The standard InChI is InChI=1S/C21H12Cl3FN4O/c22-13-4-1-3-12(9-13)20-27-19(21(30)26-15-6-2-5-14(25)10-15)28-29(20)16-7-8-17(23)18(24)11-16/h1-11H,(H,26,30). The summed E-state index contributed by atoms with van der Waals surface area (Å²) >= 11 is 18.3. The van der Waals surface area contributed by atoms with Crippen LogP contribution in [0.3, 0.4) is 0 Å². The van der Waals surface area contributed by atoms with Crippen molar-refractivity contribution in [3.05, 3.63) is 93.4 Å². The van der Waals surface area contributed by atoms with Crippen molar-refractivity contribution in [3.8, 4) is 17.1 Å². The highest BCUT2D eigenvalue weighted by Gasteiger charge is 2.20. The summed E-state index contributed by atoms with van der Waals surface area (Å²) in [5.41, 5.74) is 1.48. The molecule has 0 aliphatic heterocycles. The maximum Gasteiger partial charge on any atom is 0.295 e. The number of anilines is 1. The Morgan fingerprint density at radius 3 is 2.47 bits per heavy atom. The van der Waals surface area contributed by atoms with Crippen LogP contribution in [-0.2, 0) is 0 Å². The zero-order valence-corrected chi connectivity index (χ0v) is 17.4. The van der Waals surface area contributed by atoms with E-state index in [1.807, 2.05) is 0 Å². The molecule has 0 aliphatic carbocycles. The first-order chi connectivity index (χ1) is 14.4. The van der Waals surface area contributed by atoms with Crippen LogP contribution in [0.5, 0.6) is 0 Å². The summed E-state index contributed by atoms with van der Waals surface area (Å²) in [5.74, 6) is -0.801. The zero-order valence-electron chi connectivity index (χ0n) is 15.1. The number of amides is 1. The second kappa shape index (κ2) is 8.44. The van der Waals surface area contributed by atoms with E-state index in [2.05, 4.69) is 15.4 Å². The van der Waals surface area contributed by atoms with Crippen LogP contribution in [0, 0.1) is 5.82 Å². The lowest BCUT2D eigenvalue weighted by Crippen LogP contribution is -2.14. The lowest BCUT2D eigenvalue weighted by Gasteiger charge is -2.07. The van der Waals surface area contributed by atoms with Crippen molar-refractivity contribution >= 4 is 46.4 Å². The molecule has 3 aromatic carbocycles. The summed E-state index contributed by atoms with van der Waals surface area (Å²) in [6, 6.07) is 17.4. The fraction of sp³-hybridized carbons (Fsp3) is 0. The molecule has 0 saturated heterocycles. The number of nitrogens with zero attached hydrogens (tertiary/aromatic N) is 3. The minimum absolute atomic E-state index is 0.111. The summed E-state index contributed by atoms with van der Waals surface area (Å²) in [4.78, 5) is 17.1. The number of hydrogen-bond donors (Lipinski definition) is 1. The molecule has 1 heterocycles. The minimum atomic E-state index is -0.595. The molecule has 9 heteroatoms. The zero-order chi connectivity index (χ0) is 21.3. The quantitative estimate of drug-likeness (QED) is 0.389. The average molecular weight is 462 g/mol. The molecule has 0 spiro atoms. The predicted molar refractivity (Wildman–Crippen MR) is 116 cm³/mol. The van der Waals surface area contributed by atoms with Crippen LogP contribution in [0.2, 0.25) is 15.1 Å². The largest absolute Gasteiger partial charge is 0.319 e. The van der Waals surface area contributed by atoms with Gasteiger partial charge >= 0.3 is 0 Å². The van der Waals surface area contributed by atoms with E-state index < -0.39 is 11.7 Å². The average Bonchev–Trinajstić information content (AvgIpc) is 3.16. The molecule has 150 valence electrons. The molecule has 0 unspecified atom stereocenters. The van der Waals surface area contributed by atoms with Gasteiger partial charge in [0.15, 0.2) is 5.82 Å². The maximum absolute atomic E-state index is 13.4. The van der Waals surface area contributed by atoms with Gasteiger partial charge in [0, 0.05) is 16.3 Å². The fourth-order valence-corrected chi connectivity index (χ4v) is 3.26. The van der Waals surface area contributed by atoms with Crippen molar-refractivity contribution in [2.45, 2.75) is 0 Å². The Balaban J connectivity index is 1.79. The Morgan fingerprint density at radius 2 is 1.73 bits per heavy atom. The number of benzene rings is 3. The molecule has 0 radical (unpaired) electrons. The van der Waals surface area contributed by atoms with Gasteiger partial charge < -0.3 is 5.32 Å². The molecule has 0 fully saturated rings. The number of carbonyl (C=O) groups excluding carboxylic acids is 1. The molecular weight excluding hydrogens is 450 g/mol. The second-order valence-electron chi connectivity index (χ2n) is 6.24. The molecule has 1 N–H and O–H groups in total. The van der Waals surface area contributed by atoms with Crippen LogP contribution in [-0.4, -0.2) is 20.7 Å². The monoisotopic (exact) mass is 460 g/mol. The smallest absolute Gasteiger partial charge is 0.295 e. The SMILES string of the molecule is O=C(Nc1cccc(F)c1)c1nc(-c2cccc(Cl)c2)n(-c2ccc(Cl)c(Cl)c2)n1. The normalized spacial score (nSPS) is 10.8. The van der Waals surface area contributed by atoms with Crippen molar-refractivity contribution in [3.63, 3.8) is 0 Å². The second-order valence-corrected chi connectivity index (χ2v) is 7.49. The van der Waals surface area contributed by atoms with Crippen LogP contribution >= 0.6 is 34.8 Å². The van der Waals surface area contributed by atoms with E-state index in [0.717, 1.165) is 0 Å². The maximum atomic E-state index is 13.4. The highest BCUT2D eigenvalue weighted by molar-refractivity contribution is 6.42. The van der Waals surface area contributed by atoms with Gasteiger partial charge in [-0.3, -0.25) is 4.79 Å². The molecule has 0 bridgehead atoms. The third kappa shape index (κ3) is 4.31. The fourth-order valence-electron chi connectivity index (χ4n) is 2.77. The van der Waals surface area contributed by atoms with Gasteiger partial charge in [-0.15, -0.1) is 5.10 Å². The number of hydrogen-bond acceptors (Lipinski definition) is 3. The van der Waals surface area contributed by atoms with Crippen LogP contribution in [0.25, 0.3) is 17.1 Å². The predicted octanol–water partition coefficient (Wildman–Crippen LogP) is 6.29. The molecule has 30 heavy (non-hydrogen) atoms. The molecule has 1 amide bonds. The van der Waals surface area contributed by atoms with Crippen LogP contribution < -0.4 is 5.32 Å². The van der Waals surface area contributed by atoms with E-state index in [9.17, 15) is 9.18 Å². The Hall–Kier alpha value is -2.93. The molecule has 0 atom stereocenters. The van der Waals surface area contributed by atoms with Gasteiger partial charge in [-0.1, -0.05) is 53.0 Å². The van der Waals surface area contributed by atoms with Crippen molar-refractivity contribution in [1.82, 2.24) is 14.8 Å². The Labute approximate surface area is 186 Å². The lowest BCUT2D eigenvalue weighted by atomic mass is 10.2. The first kappa shape index (κ1) is 20.3. The molecule has 5 nitrogen and oxygen atoms in total. The highest BCUT2D eigenvalue weighted by Crippen LogP contribution is 2.28. The van der Waals surface area contributed by atoms with E-state index >= 15 is 0 Å². The van der Waals surface area contributed by atoms with Crippen LogP contribution in [0.1, 0.15) is 10.6 Å². The van der Waals surface area contributed by atoms with Gasteiger partial charge in [0.25, 0.3) is 5.91 Å². The molecular formula is C21H12Cl3FN4O. The number of nitrogens with one attached hydrogen (secondary N) is 1. The van der Waals surface area contributed by atoms with Crippen molar-refractivity contribution in [1.29, 1.82) is 0 Å². The van der Waals surface area contributed by atoms with Gasteiger partial charge in [0.05, 0.1) is 15.7 Å². The van der Waals surface area contributed by atoms with E-state index in [0.29, 0.717) is 32.1 Å². The van der Waals surface area contributed by atoms with Crippen molar-refractivity contribution in [2.75, 3.05) is 5.32 Å². The number of aromatic nitrogens is 3. The Bertz CT molecular complexity index is 1260. The molecule has 4 rings (SSSR count). The minimum Gasteiger partial charge on any atom is -0.319 e. The summed E-state index contributed by atoms with van der Waals surface area (Å²) in [6.45, 7) is 0. The molecule has 1 aromatic heterocycles. The molecule has 0 saturated carbocycles. The highest BCUT2D eigenvalue weighted by atomic mass is 35.5. The van der Waals surface area contributed by atoms with Gasteiger partial charge in [-0.05, 0) is 48.5 Å². The van der Waals surface area contributed by atoms with E-state index in [1.165, 1.54) is 22.9 Å². The summed E-state index contributed by atoms with van der Waals surface area (Å²) < 4.78 is 14.9. The summed E-state index contributed by atoms with van der Waals surface area (Å²) in [6.07, 6.45) is 0. The van der Waals surface area contributed by atoms with Crippen molar-refractivity contribution in [2.24, 2.45) is 0 Å². The molecule has 0 aliphatic rings. The molecule has 4 aromatic rings. The summed E-state index contributed by atoms with van der Waals surface area (Å²) in [5, 5.41) is 8.13. The number of halogens is 4. The van der Waals surface area contributed by atoms with Crippen LogP contribution in [0.4, 0.5) is 10.1 Å². The van der Waals surface area contributed by atoms with Gasteiger partial charge in [0.2, 0.25) is 5.82 Å². The lowest BCUT2D eigenvalue weighted by molar-refractivity contribution is 0.101. The first-order valence-electron chi connectivity index (χ1n) is 8.66. The number of rotatable bonds is 4. The Kier molecular flexibility index (Phi) is 5.72. The topological polar surface area (TPSA) is 59.8 Å². The van der Waals surface area contributed by atoms with E-state index in [4.69, 9.17) is 34.8 Å². The van der Waals surface area contributed by atoms with Gasteiger partial charge in [-0.2, -0.15) is 0 Å². The van der Waals surface area contributed by atoms with Gasteiger partial charge in [0.1, 0.15) is 5.82 Å². The summed E-state index contributed by atoms with van der Waals surface area (Å²) in [7, 11) is 0. The number of carbonyl (C=O) groups is 1.